The Morgan fingerprint density at radius 3 is 2.68 bits per heavy atom. The van der Waals surface area contributed by atoms with Crippen molar-refractivity contribution in [2.75, 3.05) is 6.61 Å². The standard InChI is InChI=1S/C25H28N2O4/c1-2-30-20-11-8-18(9-12-20)16-26-24(28)19-10-13-22-21(15-19)27-25(29)23(31-22)14-17-6-4-3-5-7-17/h3-9,11-12,14,19,21-22H,2,10,13,15-16H2,1H3,(H,26,28)(H,27,29)/b23-14+. The van der Waals surface area contributed by atoms with Crippen LogP contribution in [0.15, 0.2) is 60.4 Å². The average Bonchev–Trinajstić information content (AvgIpc) is 2.79. The molecule has 1 heterocycles. The number of fused-ring (bicyclic) bond motifs is 1. The van der Waals surface area contributed by atoms with Crippen molar-refractivity contribution in [3.05, 3.63) is 71.5 Å². The van der Waals surface area contributed by atoms with Gasteiger partial charge < -0.3 is 20.1 Å². The van der Waals surface area contributed by atoms with E-state index in [9.17, 15) is 9.59 Å². The van der Waals surface area contributed by atoms with Gasteiger partial charge in [0, 0.05) is 12.5 Å². The molecule has 2 aromatic carbocycles. The van der Waals surface area contributed by atoms with Crippen molar-refractivity contribution >= 4 is 17.9 Å². The zero-order valence-corrected chi connectivity index (χ0v) is 17.7. The minimum Gasteiger partial charge on any atom is -0.494 e. The number of hydrogen-bond acceptors (Lipinski definition) is 4. The molecule has 6 nitrogen and oxygen atoms in total. The second-order valence-corrected chi connectivity index (χ2v) is 7.96. The van der Waals surface area contributed by atoms with Gasteiger partial charge in [0.1, 0.15) is 11.9 Å². The minimum atomic E-state index is -0.222. The molecule has 1 saturated carbocycles. The number of carbonyl (C=O) groups is 2. The Kier molecular flexibility index (Phi) is 6.55. The Balaban J connectivity index is 1.30. The molecule has 0 spiro atoms. The number of rotatable bonds is 6. The van der Waals surface area contributed by atoms with Crippen LogP contribution in [0.5, 0.6) is 5.75 Å². The maximum atomic E-state index is 12.7. The molecule has 2 fully saturated rings. The summed E-state index contributed by atoms with van der Waals surface area (Å²) in [7, 11) is 0. The number of benzene rings is 2. The Morgan fingerprint density at radius 2 is 1.94 bits per heavy atom. The van der Waals surface area contributed by atoms with Gasteiger partial charge in [0.05, 0.1) is 12.6 Å². The predicted octanol–water partition coefficient (Wildman–Crippen LogP) is 3.43. The van der Waals surface area contributed by atoms with Crippen LogP contribution in [0.2, 0.25) is 0 Å². The summed E-state index contributed by atoms with van der Waals surface area (Å²) in [5.74, 6) is 0.829. The zero-order chi connectivity index (χ0) is 21.6. The number of ether oxygens (including phenoxy) is 2. The van der Waals surface area contributed by atoms with Gasteiger partial charge in [0.15, 0.2) is 5.76 Å². The smallest absolute Gasteiger partial charge is 0.286 e. The van der Waals surface area contributed by atoms with Gasteiger partial charge in [-0.1, -0.05) is 42.5 Å². The molecular weight excluding hydrogens is 392 g/mol. The van der Waals surface area contributed by atoms with Crippen molar-refractivity contribution in [3.63, 3.8) is 0 Å². The fourth-order valence-corrected chi connectivity index (χ4v) is 4.13. The maximum Gasteiger partial charge on any atom is 0.286 e. The molecule has 3 unspecified atom stereocenters. The second-order valence-electron chi connectivity index (χ2n) is 7.96. The Labute approximate surface area is 182 Å². The van der Waals surface area contributed by atoms with Crippen LogP contribution in [0.25, 0.3) is 6.08 Å². The fourth-order valence-electron chi connectivity index (χ4n) is 4.13. The molecule has 0 aromatic heterocycles. The van der Waals surface area contributed by atoms with E-state index in [1.165, 1.54) is 0 Å². The summed E-state index contributed by atoms with van der Waals surface area (Å²) in [5.41, 5.74) is 1.95. The van der Waals surface area contributed by atoms with E-state index in [2.05, 4.69) is 10.6 Å². The lowest BCUT2D eigenvalue weighted by Crippen LogP contribution is -2.54. The molecule has 3 atom stereocenters. The average molecular weight is 421 g/mol. The fraction of sp³-hybridized carbons (Fsp3) is 0.360. The first-order chi connectivity index (χ1) is 15.1. The molecule has 4 rings (SSSR count). The van der Waals surface area contributed by atoms with Gasteiger partial charge in [-0.25, -0.2) is 0 Å². The molecule has 2 amide bonds. The van der Waals surface area contributed by atoms with Crippen molar-refractivity contribution in [2.24, 2.45) is 5.92 Å². The van der Waals surface area contributed by atoms with E-state index in [4.69, 9.17) is 9.47 Å². The van der Waals surface area contributed by atoms with E-state index in [0.29, 0.717) is 25.3 Å². The summed E-state index contributed by atoms with van der Waals surface area (Å²) in [6, 6.07) is 17.2. The van der Waals surface area contributed by atoms with Crippen LogP contribution < -0.4 is 15.4 Å². The maximum absolute atomic E-state index is 12.7. The molecule has 0 bridgehead atoms. The molecule has 1 aliphatic heterocycles. The van der Waals surface area contributed by atoms with Gasteiger partial charge >= 0.3 is 0 Å². The number of hydrogen-bond donors (Lipinski definition) is 2. The summed E-state index contributed by atoms with van der Waals surface area (Å²) in [6.45, 7) is 3.05. The van der Waals surface area contributed by atoms with Crippen LogP contribution in [0.3, 0.4) is 0 Å². The first-order valence-corrected chi connectivity index (χ1v) is 10.9. The van der Waals surface area contributed by atoms with Crippen molar-refractivity contribution in [3.8, 4) is 5.75 Å². The summed E-state index contributed by atoms with van der Waals surface area (Å²) in [6.07, 6.45) is 3.73. The summed E-state index contributed by atoms with van der Waals surface area (Å²) < 4.78 is 11.4. The van der Waals surface area contributed by atoms with Gasteiger partial charge in [-0.05, 0) is 55.5 Å². The third-order valence-corrected chi connectivity index (χ3v) is 5.77. The van der Waals surface area contributed by atoms with Crippen molar-refractivity contribution < 1.29 is 19.1 Å². The van der Waals surface area contributed by atoms with Crippen molar-refractivity contribution in [1.82, 2.24) is 10.6 Å². The SMILES string of the molecule is CCOc1ccc(CNC(=O)C2CCC3O/C(=C/c4ccccc4)C(=O)NC3C2)cc1. The number of carbonyl (C=O) groups excluding carboxylic acids is 2. The minimum absolute atomic E-state index is 0.0206. The lowest BCUT2D eigenvalue weighted by Gasteiger charge is -2.39. The third-order valence-electron chi connectivity index (χ3n) is 5.77. The molecule has 1 aliphatic carbocycles. The van der Waals surface area contributed by atoms with E-state index < -0.39 is 0 Å². The van der Waals surface area contributed by atoms with Crippen LogP contribution in [0, 0.1) is 5.92 Å². The number of nitrogens with one attached hydrogen (secondary N) is 2. The van der Waals surface area contributed by atoms with Gasteiger partial charge in [-0.15, -0.1) is 0 Å². The second kappa shape index (κ2) is 9.69. The lowest BCUT2D eigenvalue weighted by atomic mass is 9.82. The molecule has 31 heavy (non-hydrogen) atoms. The van der Waals surface area contributed by atoms with Crippen molar-refractivity contribution in [2.45, 2.75) is 44.9 Å². The lowest BCUT2D eigenvalue weighted by molar-refractivity contribution is -0.134. The Bertz CT molecular complexity index is 940. The van der Waals surface area contributed by atoms with Crippen LogP contribution in [0.4, 0.5) is 0 Å². The molecular formula is C25H28N2O4. The Morgan fingerprint density at radius 1 is 1.16 bits per heavy atom. The molecule has 162 valence electrons. The molecule has 2 N–H and O–H groups in total. The first kappa shape index (κ1) is 21.0. The van der Waals surface area contributed by atoms with E-state index in [-0.39, 0.29) is 29.9 Å². The van der Waals surface area contributed by atoms with Gasteiger partial charge in [-0.2, -0.15) is 0 Å². The molecule has 0 radical (unpaired) electrons. The normalized spacial score (nSPS) is 24.0. The topological polar surface area (TPSA) is 76.7 Å². The summed E-state index contributed by atoms with van der Waals surface area (Å²) >= 11 is 0. The largest absolute Gasteiger partial charge is 0.494 e. The van der Waals surface area contributed by atoms with E-state index in [1.54, 1.807) is 6.08 Å². The highest BCUT2D eigenvalue weighted by molar-refractivity contribution is 5.96. The highest BCUT2D eigenvalue weighted by atomic mass is 16.5. The molecule has 6 heteroatoms. The Hall–Kier alpha value is -3.28. The number of amides is 2. The van der Waals surface area contributed by atoms with E-state index >= 15 is 0 Å². The zero-order valence-electron chi connectivity index (χ0n) is 17.7. The predicted molar refractivity (Wildman–Crippen MR) is 118 cm³/mol. The quantitative estimate of drug-likeness (QED) is 0.702. The van der Waals surface area contributed by atoms with Crippen LogP contribution in [0.1, 0.15) is 37.3 Å². The molecule has 2 aromatic rings. The number of morpholine rings is 1. The molecule has 2 aliphatic rings. The van der Waals surface area contributed by atoms with Crippen LogP contribution in [-0.2, 0) is 20.9 Å². The van der Waals surface area contributed by atoms with E-state index in [0.717, 1.165) is 29.7 Å². The highest BCUT2D eigenvalue weighted by Gasteiger charge is 2.40. The molecule has 1 saturated heterocycles. The van der Waals surface area contributed by atoms with Crippen molar-refractivity contribution in [1.29, 1.82) is 0 Å². The summed E-state index contributed by atoms with van der Waals surface area (Å²) in [5, 5.41) is 6.06. The monoisotopic (exact) mass is 420 g/mol. The van der Waals surface area contributed by atoms with Gasteiger partial charge in [-0.3, -0.25) is 9.59 Å². The first-order valence-electron chi connectivity index (χ1n) is 10.9. The van der Waals surface area contributed by atoms with Gasteiger partial charge in [0.2, 0.25) is 5.91 Å². The van der Waals surface area contributed by atoms with Gasteiger partial charge in [0.25, 0.3) is 5.91 Å². The third kappa shape index (κ3) is 5.26. The van der Waals surface area contributed by atoms with E-state index in [1.807, 2.05) is 61.5 Å². The summed E-state index contributed by atoms with van der Waals surface area (Å²) in [4.78, 5) is 25.2. The highest BCUT2D eigenvalue weighted by Crippen LogP contribution is 2.31. The van der Waals surface area contributed by atoms with Crippen LogP contribution >= 0.6 is 0 Å². The van der Waals surface area contributed by atoms with Crippen LogP contribution in [-0.4, -0.2) is 30.6 Å².